The summed E-state index contributed by atoms with van der Waals surface area (Å²) in [6.45, 7) is 2.10. The van der Waals surface area contributed by atoms with Gasteiger partial charge in [-0.05, 0) is 26.2 Å². The molecular formula is C10H15NO. The molecule has 12 heavy (non-hydrogen) atoms. The van der Waals surface area contributed by atoms with Crippen LogP contribution in [0.3, 0.4) is 0 Å². The van der Waals surface area contributed by atoms with Gasteiger partial charge in [-0.25, -0.2) is 0 Å². The second-order valence-electron chi connectivity index (χ2n) is 3.14. The van der Waals surface area contributed by atoms with E-state index in [2.05, 4.69) is 12.2 Å². The van der Waals surface area contributed by atoms with Crippen LogP contribution in [0.4, 0.5) is 0 Å². The summed E-state index contributed by atoms with van der Waals surface area (Å²) in [6, 6.07) is 0. The first-order chi connectivity index (χ1) is 5.74. The van der Waals surface area contributed by atoms with E-state index in [-0.39, 0.29) is 5.91 Å². The van der Waals surface area contributed by atoms with E-state index >= 15 is 0 Å². The first-order valence-electron chi connectivity index (χ1n) is 4.32. The molecule has 1 amide bonds. The Morgan fingerprint density at radius 3 is 2.83 bits per heavy atom. The normalized spacial score (nSPS) is 17.5. The molecule has 0 unspecified atom stereocenters. The molecule has 1 N–H and O–H groups in total. The highest BCUT2D eigenvalue weighted by atomic mass is 16.1. The SMILES string of the molecule is CNC(=O)C1=CC=C(C)CCC1. The van der Waals surface area contributed by atoms with Crippen molar-refractivity contribution in [2.24, 2.45) is 0 Å². The van der Waals surface area contributed by atoms with E-state index in [1.807, 2.05) is 12.2 Å². The number of allylic oxidation sites excluding steroid dienone is 3. The Kier molecular flexibility index (Phi) is 3.09. The van der Waals surface area contributed by atoms with Gasteiger partial charge in [0.2, 0.25) is 5.91 Å². The molecule has 0 fully saturated rings. The third kappa shape index (κ3) is 2.22. The quantitative estimate of drug-likeness (QED) is 0.630. The molecule has 0 aromatic heterocycles. The lowest BCUT2D eigenvalue weighted by Gasteiger charge is -2.01. The van der Waals surface area contributed by atoms with Crippen LogP contribution in [-0.2, 0) is 4.79 Å². The number of hydrogen-bond donors (Lipinski definition) is 1. The fourth-order valence-corrected chi connectivity index (χ4v) is 1.32. The number of nitrogens with one attached hydrogen (secondary N) is 1. The topological polar surface area (TPSA) is 29.1 Å². The second kappa shape index (κ2) is 4.10. The van der Waals surface area contributed by atoms with Crippen LogP contribution in [0.1, 0.15) is 26.2 Å². The summed E-state index contributed by atoms with van der Waals surface area (Å²) in [7, 11) is 1.67. The van der Waals surface area contributed by atoms with Crippen molar-refractivity contribution in [3.63, 3.8) is 0 Å². The molecule has 2 heteroatoms. The van der Waals surface area contributed by atoms with E-state index in [0.29, 0.717) is 0 Å². The van der Waals surface area contributed by atoms with E-state index in [0.717, 1.165) is 24.8 Å². The Morgan fingerprint density at radius 2 is 2.17 bits per heavy atom. The van der Waals surface area contributed by atoms with Gasteiger partial charge in [-0.2, -0.15) is 0 Å². The molecule has 0 aromatic rings. The van der Waals surface area contributed by atoms with E-state index in [4.69, 9.17) is 0 Å². The summed E-state index contributed by atoms with van der Waals surface area (Å²) in [4.78, 5) is 11.2. The summed E-state index contributed by atoms with van der Waals surface area (Å²) < 4.78 is 0. The Morgan fingerprint density at radius 1 is 1.42 bits per heavy atom. The van der Waals surface area contributed by atoms with Crippen LogP contribution in [-0.4, -0.2) is 13.0 Å². The molecule has 2 nitrogen and oxygen atoms in total. The minimum atomic E-state index is 0.0564. The third-order valence-electron chi connectivity index (χ3n) is 2.10. The van der Waals surface area contributed by atoms with Crippen molar-refractivity contribution in [1.29, 1.82) is 0 Å². The highest BCUT2D eigenvalue weighted by Gasteiger charge is 2.08. The molecule has 1 rings (SSSR count). The van der Waals surface area contributed by atoms with Crippen LogP contribution in [0, 0.1) is 0 Å². The Bertz CT molecular complexity index is 238. The van der Waals surface area contributed by atoms with Gasteiger partial charge in [-0.3, -0.25) is 4.79 Å². The summed E-state index contributed by atoms with van der Waals surface area (Å²) >= 11 is 0. The molecule has 0 radical (unpaired) electrons. The van der Waals surface area contributed by atoms with Gasteiger partial charge in [0, 0.05) is 12.6 Å². The zero-order valence-electron chi connectivity index (χ0n) is 7.68. The van der Waals surface area contributed by atoms with E-state index in [9.17, 15) is 4.79 Å². The molecule has 0 atom stereocenters. The van der Waals surface area contributed by atoms with E-state index in [1.165, 1.54) is 5.57 Å². The highest BCUT2D eigenvalue weighted by molar-refractivity contribution is 5.93. The standard InChI is InChI=1S/C10H15NO/c1-8-4-3-5-9(7-6-8)10(12)11-2/h6-7H,3-5H2,1-2H3,(H,11,12). The van der Waals surface area contributed by atoms with Crippen molar-refractivity contribution in [3.05, 3.63) is 23.3 Å². The number of carbonyl (C=O) groups excluding carboxylic acids is 1. The van der Waals surface area contributed by atoms with Crippen molar-refractivity contribution < 1.29 is 4.79 Å². The number of amides is 1. The average Bonchev–Trinajstić information content (AvgIpc) is 2.29. The maximum Gasteiger partial charge on any atom is 0.246 e. The number of rotatable bonds is 1. The lowest BCUT2D eigenvalue weighted by Crippen LogP contribution is -2.19. The zero-order valence-corrected chi connectivity index (χ0v) is 7.68. The predicted molar refractivity (Wildman–Crippen MR) is 49.8 cm³/mol. The van der Waals surface area contributed by atoms with E-state index < -0.39 is 0 Å². The molecule has 0 spiro atoms. The van der Waals surface area contributed by atoms with Crippen molar-refractivity contribution in [2.75, 3.05) is 7.05 Å². The highest BCUT2D eigenvalue weighted by Crippen LogP contribution is 2.16. The second-order valence-corrected chi connectivity index (χ2v) is 3.14. The fraction of sp³-hybridized carbons (Fsp3) is 0.500. The summed E-state index contributed by atoms with van der Waals surface area (Å²) in [6.07, 6.45) is 7.06. The smallest absolute Gasteiger partial charge is 0.246 e. The monoisotopic (exact) mass is 165 g/mol. The largest absolute Gasteiger partial charge is 0.355 e. The number of carbonyl (C=O) groups is 1. The average molecular weight is 165 g/mol. The number of likely N-dealkylation sites (N-methyl/N-ethyl adjacent to an activating group) is 1. The van der Waals surface area contributed by atoms with Gasteiger partial charge < -0.3 is 5.32 Å². The molecule has 0 saturated heterocycles. The fourth-order valence-electron chi connectivity index (χ4n) is 1.32. The summed E-state index contributed by atoms with van der Waals surface area (Å²) in [5.74, 6) is 0.0564. The molecule has 0 saturated carbocycles. The van der Waals surface area contributed by atoms with Crippen LogP contribution >= 0.6 is 0 Å². The molecule has 1 aliphatic rings. The minimum absolute atomic E-state index is 0.0564. The molecule has 0 aliphatic heterocycles. The Labute approximate surface area is 73.4 Å². The Hall–Kier alpha value is -1.05. The van der Waals surface area contributed by atoms with Crippen LogP contribution in [0.25, 0.3) is 0 Å². The molecule has 0 heterocycles. The van der Waals surface area contributed by atoms with E-state index in [1.54, 1.807) is 7.05 Å². The molecule has 0 aromatic carbocycles. The van der Waals surface area contributed by atoms with Crippen LogP contribution in [0.2, 0.25) is 0 Å². The minimum Gasteiger partial charge on any atom is -0.355 e. The van der Waals surface area contributed by atoms with Gasteiger partial charge in [0.05, 0.1) is 0 Å². The van der Waals surface area contributed by atoms with Crippen molar-refractivity contribution in [2.45, 2.75) is 26.2 Å². The van der Waals surface area contributed by atoms with Gasteiger partial charge in [0.25, 0.3) is 0 Å². The van der Waals surface area contributed by atoms with Gasteiger partial charge in [-0.15, -0.1) is 0 Å². The van der Waals surface area contributed by atoms with Crippen LogP contribution < -0.4 is 5.32 Å². The molecular weight excluding hydrogens is 150 g/mol. The lowest BCUT2D eigenvalue weighted by atomic mass is 10.1. The van der Waals surface area contributed by atoms with Crippen molar-refractivity contribution >= 4 is 5.91 Å². The summed E-state index contributed by atoms with van der Waals surface area (Å²) in [5, 5.41) is 2.64. The van der Waals surface area contributed by atoms with Gasteiger partial charge >= 0.3 is 0 Å². The van der Waals surface area contributed by atoms with Crippen molar-refractivity contribution in [1.82, 2.24) is 5.32 Å². The predicted octanol–water partition coefficient (Wildman–Crippen LogP) is 1.79. The molecule has 0 bridgehead atoms. The van der Waals surface area contributed by atoms with Crippen molar-refractivity contribution in [3.8, 4) is 0 Å². The lowest BCUT2D eigenvalue weighted by molar-refractivity contribution is -0.117. The number of hydrogen-bond acceptors (Lipinski definition) is 1. The maximum atomic E-state index is 11.2. The first-order valence-corrected chi connectivity index (χ1v) is 4.32. The third-order valence-corrected chi connectivity index (χ3v) is 2.10. The first kappa shape index (κ1) is 9.04. The van der Waals surface area contributed by atoms with Gasteiger partial charge in [0.1, 0.15) is 0 Å². The molecule has 1 aliphatic carbocycles. The summed E-state index contributed by atoms with van der Waals surface area (Å²) in [5.41, 5.74) is 2.25. The van der Waals surface area contributed by atoms with Crippen LogP contribution in [0.5, 0.6) is 0 Å². The van der Waals surface area contributed by atoms with Crippen LogP contribution in [0.15, 0.2) is 23.3 Å². The zero-order chi connectivity index (χ0) is 8.97. The maximum absolute atomic E-state index is 11.2. The Balaban J connectivity index is 2.71. The van der Waals surface area contributed by atoms with Gasteiger partial charge in [-0.1, -0.05) is 17.7 Å². The molecule has 66 valence electrons. The van der Waals surface area contributed by atoms with Gasteiger partial charge in [0.15, 0.2) is 0 Å².